The van der Waals surface area contributed by atoms with Gasteiger partial charge in [-0.15, -0.1) is 6.58 Å². The highest BCUT2D eigenvalue weighted by Gasteiger charge is 2.25. The lowest BCUT2D eigenvalue weighted by atomic mass is 10.1. The smallest absolute Gasteiger partial charge is 0.242 e. The van der Waals surface area contributed by atoms with Gasteiger partial charge in [0.25, 0.3) is 0 Å². The minimum Gasteiger partial charge on any atom is -0.351 e. The number of carbonyl (C=O) groups excluding carboxylic acids is 2. The summed E-state index contributed by atoms with van der Waals surface area (Å²) in [6.07, 6.45) is 2.48. The van der Waals surface area contributed by atoms with Gasteiger partial charge in [-0.05, 0) is 36.6 Å². The molecule has 1 atom stereocenters. The molecule has 0 aliphatic rings. The van der Waals surface area contributed by atoms with Gasteiger partial charge in [0.1, 0.15) is 11.9 Å². The number of hydrogen-bond acceptors (Lipinski definition) is 2. The van der Waals surface area contributed by atoms with Crippen LogP contribution in [0.25, 0.3) is 0 Å². The molecule has 0 unspecified atom stereocenters. The van der Waals surface area contributed by atoms with E-state index in [4.69, 9.17) is 0 Å². The van der Waals surface area contributed by atoms with Crippen molar-refractivity contribution in [2.75, 3.05) is 6.54 Å². The second-order valence-corrected chi connectivity index (χ2v) is 6.34. The average Bonchev–Trinajstić information content (AvgIpc) is 2.70. The number of rotatable bonds is 9. The summed E-state index contributed by atoms with van der Waals surface area (Å²) >= 11 is 0. The summed E-state index contributed by atoms with van der Waals surface area (Å²) in [4.78, 5) is 26.7. The van der Waals surface area contributed by atoms with Gasteiger partial charge in [0.2, 0.25) is 11.8 Å². The number of aryl methyl sites for hydroxylation is 1. The molecule has 2 amide bonds. The van der Waals surface area contributed by atoms with Gasteiger partial charge in [-0.2, -0.15) is 0 Å². The number of nitrogens with one attached hydrogen (secondary N) is 1. The molecule has 2 rings (SSSR count). The fraction of sp³-hybridized carbons (Fsp3) is 0.273. The normalized spacial score (nSPS) is 11.5. The molecule has 142 valence electrons. The minimum absolute atomic E-state index is 0.121. The van der Waals surface area contributed by atoms with E-state index in [0.29, 0.717) is 19.4 Å². The van der Waals surface area contributed by atoms with Gasteiger partial charge >= 0.3 is 0 Å². The van der Waals surface area contributed by atoms with Crippen molar-refractivity contribution >= 4 is 11.8 Å². The van der Waals surface area contributed by atoms with Crippen molar-refractivity contribution in [3.8, 4) is 0 Å². The second-order valence-electron chi connectivity index (χ2n) is 6.34. The number of nitrogens with zero attached hydrogens (tertiary/aromatic N) is 1. The van der Waals surface area contributed by atoms with Crippen molar-refractivity contribution in [1.82, 2.24) is 10.2 Å². The van der Waals surface area contributed by atoms with Gasteiger partial charge in [-0.25, -0.2) is 4.39 Å². The van der Waals surface area contributed by atoms with E-state index in [1.54, 1.807) is 25.1 Å². The predicted molar refractivity (Wildman–Crippen MR) is 104 cm³/mol. The number of amides is 2. The van der Waals surface area contributed by atoms with E-state index in [9.17, 15) is 14.0 Å². The van der Waals surface area contributed by atoms with E-state index in [1.165, 1.54) is 17.0 Å². The molecule has 27 heavy (non-hydrogen) atoms. The first-order chi connectivity index (χ1) is 13.0. The topological polar surface area (TPSA) is 49.4 Å². The third-order valence-corrected chi connectivity index (χ3v) is 4.32. The quantitative estimate of drug-likeness (QED) is 0.689. The number of benzene rings is 2. The van der Waals surface area contributed by atoms with E-state index in [1.807, 2.05) is 30.3 Å². The summed E-state index contributed by atoms with van der Waals surface area (Å²) in [5, 5.41) is 2.73. The minimum atomic E-state index is -0.640. The first-order valence-electron chi connectivity index (χ1n) is 8.97. The Morgan fingerprint density at radius 1 is 1.11 bits per heavy atom. The molecule has 2 aromatic carbocycles. The molecule has 0 aromatic heterocycles. The molecule has 0 fully saturated rings. The zero-order chi connectivity index (χ0) is 19.6. The van der Waals surface area contributed by atoms with Crippen molar-refractivity contribution in [2.24, 2.45) is 0 Å². The number of halogens is 1. The van der Waals surface area contributed by atoms with Crippen LogP contribution in [-0.2, 0) is 22.6 Å². The Morgan fingerprint density at radius 2 is 1.78 bits per heavy atom. The Morgan fingerprint density at radius 3 is 2.41 bits per heavy atom. The zero-order valence-electron chi connectivity index (χ0n) is 15.5. The van der Waals surface area contributed by atoms with Crippen molar-refractivity contribution in [3.05, 3.63) is 84.2 Å². The van der Waals surface area contributed by atoms with Crippen molar-refractivity contribution < 1.29 is 14.0 Å². The highest BCUT2D eigenvalue weighted by atomic mass is 19.1. The summed E-state index contributed by atoms with van der Waals surface area (Å²) in [5.74, 6) is -0.702. The van der Waals surface area contributed by atoms with E-state index < -0.39 is 6.04 Å². The van der Waals surface area contributed by atoms with Crippen molar-refractivity contribution in [2.45, 2.75) is 32.4 Å². The van der Waals surface area contributed by atoms with E-state index in [2.05, 4.69) is 11.9 Å². The molecule has 0 aliphatic carbocycles. The summed E-state index contributed by atoms with van der Waals surface area (Å²) in [5.41, 5.74) is 1.84. The first-order valence-corrected chi connectivity index (χ1v) is 8.97. The Kier molecular flexibility index (Phi) is 7.74. The summed E-state index contributed by atoms with van der Waals surface area (Å²) in [7, 11) is 0. The average molecular weight is 368 g/mol. The molecule has 2 aromatic rings. The molecule has 5 heteroatoms. The first kappa shape index (κ1) is 20.4. The third kappa shape index (κ3) is 6.37. The molecule has 4 nitrogen and oxygen atoms in total. The molecule has 0 radical (unpaired) electrons. The van der Waals surface area contributed by atoms with Crippen LogP contribution in [0.4, 0.5) is 4.39 Å². The fourth-order valence-electron chi connectivity index (χ4n) is 2.73. The number of carbonyl (C=O) groups is 2. The Labute approximate surface area is 159 Å². The van der Waals surface area contributed by atoms with E-state index >= 15 is 0 Å². The molecule has 0 heterocycles. The molecule has 0 aliphatic heterocycles. The summed E-state index contributed by atoms with van der Waals surface area (Å²) in [6, 6.07) is 15.0. The van der Waals surface area contributed by atoms with Gasteiger partial charge in [-0.1, -0.05) is 48.5 Å². The number of hydrogen-bond donors (Lipinski definition) is 1. The molecule has 0 saturated heterocycles. The maximum atomic E-state index is 13.2. The fourth-order valence-corrected chi connectivity index (χ4v) is 2.73. The largest absolute Gasteiger partial charge is 0.351 e. The molecule has 1 N–H and O–H groups in total. The van der Waals surface area contributed by atoms with Crippen LogP contribution in [0.15, 0.2) is 67.3 Å². The van der Waals surface area contributed by atoms with Crippen LogP contribution < -0.4 is 5.32 Å². The molecule has 0 saturated carbocycles. The van der Waals surface area contributed by atoms with Gasteiger partial charge in [-0.3, -0.25) is 9.59 Å². The summed E-state index contributed by atoms with van der Waals surface area (Å²) in [6.45, 7) is 5.86. The van der Waals surface area contributed by atoms with Gasteiger partial charge < -0.3 is 10.2 Å². The van der Waals surface area contributed by atoms with Gasteiger partial charge in [0, 0.05) is 19.5 Å². The lowest BCUT2D eigenvalue weighted by Gasteiger charge is -2.29. The molecule has 0 bridgehead atoms. The van der Waals surface area contributed by atoms with Crippen LogP contribution in [0.5, 0.6) is 0 Å². The second kappa shape index (κ2) is 10.3. The molecule has 0 spiro atoms. The maximum absolute atomic E-state index is 13.2. The van der Waals surface area contributed by atoms with Crippen molar-refractivity contribution in [3.63, 3.8) is 0 Å². The lowest BCUT2D eigenvalue weighted by Crippen LogP contribution is -2.47. The Hall–Kier alpha value is -2.95. The zero-order valence-corrected chi connectivity index (χ0v) is 15.5. The monoisotopic (exact) mass is 368 g/mol. The standard InChI is InChI=1S/C22H25FN2O2/c1-3-15-24-22(27)17(2)25(16-19-9-12-20(23)13-10-19)21(26)14-11-18-7-5-4-6-8-18/h3-10,12-13,17H,1,11,14-16H2,2H3,(H,24,27)/t17-/m0/s1. The van der Waals surface area contributed by atoms with Crippen molar-refractivity contribution in [1.29, 1.82) is 0 Å². The highest BCUT2D eigenvalue weighted by Crippen LogP contribution is 2.13. The molecular formula is C22H25FN2O2. The third-order valence-electron chi connectivity index (χ3n) is 4.32. The van der Waals surface area contributed by atoms with Crippen LogP contribution in [0.2, 0.25) is 0 Å². The van der Waals surface area contributed by atoms with Crippen LogP contribution in [-0.4, -0.2) is 29.3 Å². The Bertz CT molecular complexity index is 760. The lowest BCUT2D eigenvalue weighted by molar-refractivity contribution is -0.140. The summed E-state index contributed by atoms with van der Waals surface area (Å²) < 4.78 is 13.2. The van der Waals surface area contributed by atoms with Crippen LogP contribution in [0.3, 0.4) is 0 Å². The maximum Gasteiger partial charge on any atom is 0.242 e. The van der Waals surface area contributed by atoms with Gasteiger partial charge in [0.15, 0.2) is 0 Å². The van der Waals surface area contributed by atoms with Crippen LogP contribution in [0.1, 0.15) is 24.5 Å². The highest BCUT2D eigenvalue weighted by molar-refractivity contribution is 5.87. The SMILES string of the molecule is C=CCNC(=O)[C@H](C)N(Cc1ccc(F)cc1)C(=O)CCc1ccccc1. The van der Waals surface area contributed by atoms with Gasteiger partial charge in [0.05, 0.1) is 0 Å². The Balaban J connectivity index is 2.11. The van der Waals surface area contributed by atoms with E-state index in [-0.39, 0.29) is 24.2 Å². The van der Waals surface area contributed by atoms with Crippen LogP contribution in [0, 0.1) is 5.82 Å². The predicted octanol–water partition coefficient (Wildman–Crippen LogP) is 3.48. The van der Waals surface area contributed by atoms with E-state index in [0.717, 1.165) is 11.1 Å². The molecular weight excluding hydrogens is 343 g/mol. The van der Waals surface area contributed by atoms with Crippen LogP contribution >= 0.6 is 0 Å².